The first-order valence-corrected chi connectivity index (χ1v) is 10.2. The van der Waals surface area contributed by atoms with Gasteiger partial charge in [-0.2, -0.15) is 0 Å². The topological polar surface area (TPSA) is 38.3 Å². The van der Waals surface area contributed by atoms with E-state index < -0.39 is 5.41 Å². The molecule has 0 unspecified atom stereocenters. The fourth-order valence-corrected chi connectivity index (χ4v) is 4.07. The number of aryl methyl sites for hydroxylation is 1. The Morgan fingerprint density at radius 3 is 2.44 bits per heavy atom. The molecule has 1 amide bonds. The first kappa shape index (κ1) is 19.8. The second-order valence-corrected chi connectivity index (χ2v) is 7.86. The number of ether oxygens (including phenoxy) is 1. The highest BCUT2D eigenvalue weighted by Gasteiger charge is 2.41. The van der Waals surface area contributed by atoms with Crippen LogP contribution >= 0.6 is 11.6 Å². The molecule has 4 heteroatoms. The maximum absolute atomic E-state index is 13.4. The second-order valence-electron chi connectivity index (χ2n) is 7.46. The summed E-state index contributed by atoms with van der Waals surface area (Å²) in [4.78, 5) is 13.4. The molecule has 1 fully saturated rings. The molecular weight excluding hydrogens is 358 g/mol. The van der Waals surface area contributed by atoms with E-state index in [-0.39, 0.29) is 5.91 Å². The molecule has 0 spiro atoms. The van der Waals surface area contributed by atoms with Crippen molar-refractivity contribution in [2.24, 2.45) is 0 Å². The molecule has 0 aromatic heterocycles. The summed E-state index contributed by atoms with van der Waals surface area (Å²) >= 11 is 6.33. The van der Waals surface area contributed by atoms with Crippen LogP contribution in [0.1, 0.15) is 56.6 Å². The summed E-state index contributed by atoms with van der Waals surface area (Å²) in [5.41, 5.74) is 2.57. The van der Waals surface area contributed by atoms with Crippen molar-refractivity contribution in [1.82, 2.24) is 0 Å². The van der Waals surface area contributed by atoms with E-state index in [1.807, 2.05) is 12.1 Å². The molecule has 1 aliphatic rings. The van der Waals surface area contributed by atoms with Gasteiger partial charge >= 0.3 is 0 Å². The zero-order chi connectivity index (χ0) is 19.3. The van der Waals surface area contributed by atoms with Gasteiger partial charge in [-0.15, -0.1) is 0 Å². The van der Waals surface area contributed by atoms with Crippen LogP contribution in [0.3, 0.4) is 0 Å². The molecule has 0 atom stereocenters. The monoisotopic (exact) mass is 385 g/mol. The Bertz CT molecular complexity index is 779. The minimum absolute atomic E-state index is 0.0596. The van der Waals surface area contributed by atoms with Crippen molar-refractivity contribution in [2.75, 3.05) is 11.9 Å². The Morgan fingerprint density at radius 1 is 1.11 bits per heavy atom. The second kappa shape index (κ2) is 8.79. The number of rotatable bonds is 6. The Morgan fingerprint density at radius 2 is 1.81 bits per heavy atom. The summed E-state index contributed by atoms with van der Waals surface area (Å²) in [5.74, 6) is 0.715. The summed E-state index contributed by atoms with van der Waals surface area (Å²) in [6, 6.07) is 13.9. The summed E-state index contributed by atoms with van der Waals surface area (Å²) in [6.45, 7) is 4.75. The SMILES string of the molecule is CCCOc1ccc(NC(=O)C2(c3ccc(C)cc3)CCCCC2)cc1Cl. The predicted octanol–water partition coefficient (Wildman–Crippen LogP) is 6.28. The molecule has 1 saturated carbocycles. The van der Waals surface area contributed by atoms with Crippen molar-refractivity contribution in [3.05, 3.63) is 58.6 Å². The van der Waals surface area contributed by atoms with Gasteiger partial charge in [-0.05, 0) is 49.9 Å². The van der Waals surface area contributed by atoms with Crippen LogP contribution in [0.5, 0.6) is 5.75 Å². The average Bonchev–Trinajstić information content (AvgIpc) is 2.68. The quantitative estimate of drug-likeness (QED) is 0.635. The van der Waals surface area contributed by atoms with Crippen LogP contribution in [0.2, 0.25) is 5.02 Å². The standard InChI is InChI=1S/C23H28ClNO2/c1-3-15-27-21-12-11-19(16-20(21)24)25-22(26)23(13-5-4-6-14-23)18-9-7-17(2)8-10-18/h7-12,16H,3-6,13-15H2,1-2H3,(H,25,26). The lowest BCUT2D eigenvalue weighted by Crippen LogP contribution is -2.42. The van der Waals surface area contributed by atoms with Crippen LogP contribution in [0.15, 0.2) is 42.5 Å². The van der Waals surface area contributed by atoms with Crippen molar-refractivity contribution < 1.29 is 9.53 Å². The van der Waals surface area contributed by atoms with E-state index in [1.165, 1.54) is 12.0 Å². The molecule has 1 aliphatic carbocycles. The molecular formula is C23H28ClNO2. The van der Waals surface area contributed by atoms with Crippen LogP contribution in [-0.4, -0.2) is 12.5 Å². The fraction of sp³-hybridized carbons (Fsp3) is 0.435. The predicted molar refractivity (Wildman–Crippen MR) is 112 cm³/mol. The highest BCUT2D eigenvalue weighted by Crippen LogP contribution is 2.41. The minimum atomic E-state index is -0.462. The maximum Gasteiger partial charge on any atom is 0.235 e. The van der Waals surface area contributed by atoms with Crippen LogP contribution in [0.25, 0.3) is 0 Å². The number of amides is 1. The van der Waals surface area contributed by atoms with Crippen LogP contribution in [0.4, 0.5) is 5.69 Å². The Hall–Kier alpha value is -2.00. The molecule has 2 aromatic rings. The van der Waals surface area contributed by atoms with Gasteiger partial charge in [0.05, 0.1) is 17.0 Å². The van der Waals surface area contributed by atoms with E-state index >= 15 is 0 Å². The van der Waals surface area contributed by atoms with E-state index in [9.17, 15) is 4.79 Å². The normalized spacial score (nSPS) is 16.0. The Balaban J connectivity index is 1.83. The van der Waals surface area contributed by atoms with Crippen LogP contribution < -0.4 is 10.1 Å². The number of halogens is 1. The molecule has 3 nitrogen and oxygen atoms in total. The number of nitrogens with one attached hydrogen (secondary N) is 1. The van der Waals surface area contributed by atoms with Crippen molar-refractivity contribution >= 4 is 23.2 Å². The summed E-state index contributed by atoms with van der Waals surface area (Å²) in [6.07, 6.45) is 6.03. The van der Waals surface area contributed by atoms with Crippen molar-refractivity contribution in [2.45, 2.75) is 57.8 Å². The summed E-state index contributed by atoms with van der Waals surface area (Å²) < 4.78 is 5.62. The van der Waals surface area contributed by atoms with E-state index in [1.54, 1.807) is 6.07 Å². The van der Waals surface area contributed by atoms with Crippen LogP contribution in [-0.2, 0) is 10.2 Å². The van der Waals surface area contributed by atoms with E-state index in [4.69, 9.17) is 16.3 Å². The molecule has 0 saturated heterocycles. The van der Waals surface area contributed by atoms with Gasteiger partial charge < -0.3 is 10.1 Å². The van der Waals surface area contributed by atoms with E-state index in [0.717, 1.165) is 37.7 Å². The Kier molecular flexibility index (Phi) is 6.43. The number of benzene rings is 2. The molecule has 0 bridgehead atoms. The van der Waals surface area contributed by atoms with Gasteiger partial charge in [0, 0.05) is 5.69 Å². The zero-order valence-corrected chi connectivity index (χ0v) is 16.9. The molecule has 144 valence electrons. The van der Waals surface area contributed by atoms with Gasteiger partial charge in [0.25, 0.3) is 0 Å². The highest BCUT2D eigenvalue weighted by atomic mass is 35.5. The lowest BCUT2D eigenvalue weighted by atomic mass is 9.68. The van der Waals surface area contributed by atoms with Crippen molar-refractivity contribution in [1.29, 1.82) is 0 Å². The third-order valence-electron chi connectivity index (χ3n) is 5.40. The number of hydrogen-bond donors (Lipinski definition) is 1. The van der Waals surface area contributed by atoms with Gasteiger partial charge in [0.1, 0.15) is 5.75 Å². The zero-order valence-electron chi connectivity index (χ0n) is 16.2. The number of carbonyl (C=O) groups is 1. The molecule has 2 aromatic carbocycles. The molecule has 27 heavy (non-hydrogen) atoms. The number of anilines is 1. The molecule has 0 aliphatic heterocycles. The third kappa shape index (κ3) is 4.47. The summed E-state index contributed by atoms with van der Waals surface area (Å²) in [5, 5.41) is 3.63. The molecule has 3 rings (SSSR count). The van der Waals surface area contributed by atoms with Gasteiger partial charge in [-0.25, -0.2) is 0 Å². The molecule has 0 heterocycles. The molecule has 1 N–H and O–H groups in total. The van der Waals surface area contributed by atoms with Gasteiger partial charge in [0.2, 0.25) is 5.91 Å². The number of hydrogen-bond acceptors (Lipinski definition) is 2. The Labute approximate surface area is 167 Å². The maximum atomic E-state index is 13.4. The van der Waals surface area contributed by atoms with Crippen molar-refractivity contribution in [3.8, 4) is 5.75 Å². The first-order chi connectivity index (χ1) is 13.0. The summed E-state index contributed by atoms with van der Waals surface area (Å²) in [7, 11) is 0. The number of carbonyl (C=O) groups excluding carboxylic acids is 1. The van der Waals surface area contributed by atoms with Crippen LogP contribution in [0, 0.1) is 6.92 Å². The van der Waals surface area contributed by atoms with Gasteiger partial charge in [0.15, 0.2) is 0 Å². The average molecular weight is 386 g/mol. The van der Waals surface area contributed by atoms with E-state index in [0.29, 0.717) is 23.1 Å². The lowest BCUT2D eigenvalue weighted by molar-refractivity contribution is -0.122. The smallest absolute Gasteiger partial charge is 0.235 e. The van der Waals surface area contributed by atoms with Gasteiger partial charge in [-0.1, -0.05) is 67.6 Å². The highest BCUT2D eigenvalue weighted by molar-refractivity contribution is 6.32. The fourth-order valence-electron chi connectivity index (χ4n) is 3.83. The van der Waals surface area contributed by atoms with E-state index in [2.05, 4.69) is 43.4 Å². The largest absolute Gasteiger partial charge is 0.492 e. The molecule has 0 radical (unpaired) electrons. The lowest BCUT2D eigenvalue weighted by Gasteiger charge is -2.36. The minimum Gasteiger partial charge on any atom is -0.492 e. The van der Waals surface area contributed by atoms with Crippen molar-refractivity contribution in [3.63, 3.8) is 0 Å². The van der Waals surface area contributed by atoms with Gasteiger partial charge in [-0.3, -0.25) is 4.79 Å². The third-order valence-corrected chi connectivity index (χ3v) is 5.69. The first-order valence-electron chi connectivity index (χ1n) is 9.86.